The number of ether oxygens (including phenoxy) is 1. The lowest BCUT2D eigenvalue weighted by atomic mass is 9.93. The molecule has 0 spiro atoms. The van der Waals surface area contributed by atoms with Crippen molar-refractivity contribution in [1.29, 1.82) is 5.26 Å². The summed E-state index contributed by atoms with van der Waals surface area (Å²) < 4.78 is 5.37. The van der Waals surface area contributed by atoms with Crippen LogP contribution in [-0.4, -0.2) is 25.2 Å². The molecule has 2 fully saturated rings. The van der Waals surface area contributed by atoms with E-state index in [9.17, 15) is 0 Å². The molecule has 1 saturated carbocycles. The second-order valence-corrected chi connectivity index (χ2v) is 6.02. The van der Waals surface area contributed by atoms with Gasteiger partial charge in [-0.05, 0) is 50.3 Å². The van der Waals surface area contributed by atoms with Gasteiger partial charge < -0.3 is 15.4 Å². The summed E-state index contributed by atoms with van der Waals surface area (Å²) in [5, 5.41) is 15.9. The molecule has 4 heteroatoms. The standard InChI is InChI=1S/C17H23N3O/c18-9-11-21-14-5-1-4-13(12-14)20-17-7-2-6-15(17)16-8-3-10-19-16/h1,4-5,12,15-17,19-20H,2-3,6-8,10-11H2. The number of nitriles is 1. The average molecular weight is 285 g/mol. The smallest absolute Gasteiger partial charge is 0.174 e. The van der Waals surface area contributed by atoms with E-state index in [1.165, 1.54) is 38.6 Å². The first kappa shape index (κ1) is 14.2. The molecule has 1 aromatic carbocycles. The molecule has 3 atom stereocenters. The first-order valence-electron chi connectivity index (χ1n) is 7.96. The lowest BCUT2D eigenvalue weighted by Gasteiger charge is -2.27. The van der Waals surface area contributed by atoms with Crippen molar-refractivity contribution in [2.75, 3.05) is 18.5 Å². The van der Waals surface area contributed by atoms with Crippen molar-refractivity contribution in [3.63, 3.8) is 0 Å². The third-order valence-corrected chi connectivity index (χ3v) is 4.67. The summed E-state index contributed by atoms with van der Waals surface area (Å²) in [6.07, 6.45) is 6.50. The Balaban J connectivity index is 1.63. The van der Waals surface area contributed by atoms with Gasteiger partial charge in [0.25, 0.3) is 0 Å². The van der Waals surface area contributed by atoms with E-state index in [1.807, 2.05) is 24.3 Å². The first-order valence-corrected chi connectivity index (χ1v) is 7.96. The predicted molar refractivity (Wildman–Crippen MR) is 83.3 cm³/mol. The minimum absolute atomic E-state index is 0.0987. The van der Waals surface area contributed by atoms with Crippen molar-refractivity contribution in [3.8, 4) is 11.8 Å². The van der Waals surface area contributed by atoms with Gasteiger partial charge in [-0.15, -0.1) is 0 Å². The van der Waals surface area contributed by atoms with Crippen LogP contribution in [0.2, 0.25) is 0 Å². The van der Waals surface area contributed by atoms with Crippen molar-refractivity contribution in [1.82, 2.24) is 5.32 Å². The van der Waals surface area contributed by atoms with Gasteiger partial charge in [0.1, 0.15) is 11.8 Å². The normalized spacial score (nSPS) is 28.2. The quantitative estimate of drug-likeness (QED) is 0.873. The Bertz CT molecular complexity index is 505. The van der Waals surface area contributed by atoms with E-state index in [2.05, 4.69) is 16.7 Å². The second-order valence-electron chi connectivity index (χ2n) is 6.02. The molecule has 3 rings (SSSR count). The van der Waals surface area contributed by atoms with Crippen LogP contribution < -0.4 is 15.4 Å². The molecular weight excluding hydrogens is 262 g/mol. The predicted octanol–water partition coefficient (Wildman–Crippen LogP) is 2.92. The molecule has 1 aliphatic heterocycles. The molecule has 112 valence electrons. The maximum absolute atomic E-state index is 8.59. The molecule has 2 N–H and O–H groups in total. The molecule has 0 aromatic heterocycles. The minimum Gasteiger partial charge on any atom is -0.479 e. The van der Waals surface area contributed by atoms with Crippen molar-refractivity contribution in [3.05, 3.63) is 24.3 Å². The maximum atomic E-state index is 8.59. The number of anilines is 1. The van der Waals surface area contributed by atoms with Gasteiger partial charge in [-0.25, -0.2) is 0 Å². The van der Waals surface area contributed by atoms with E-state index in [0.717, 1.165) is 17.4 Å². The molecule has 1 aliphatic carbocycles. The van der Waals surface area contributed by atoms with E-state index in [4.69, 9.17) is 10.00 Å². The highest BCUT2D eigenvalue weighted by atomic mass is 16.5. The fourth-order valence-corrected chi connectivity index (χ4v) is 3.73. The van der Waals surface area contributed by atoms with Crippen molar-refractivity contribution in [2.45, 2.75) is 44.2 Å². The van der Waals surface area contributed by atoms with Gasteiger partial charge in [-0.2, -0.15) is 5.26 Å². The number of nitrogens with one attached hydrogen (secondary N) is 2. The number of hydrogen-bond donors (Lipinski definition) is 2. The van der Waals surface area contributed by atoms with E-state index in [0.29, 0.717) is 12.1 Å². The largest absolute Gasteiger partial charge is 0.479 e. The van der Waals surface area contributed by atoms with Gasteiger partial charge in [0, 0.05) is 23.8 Å². The Morgan fingerprint density at radius 3 is 3.05 bits per heavy atom. The number of hydrogen-bond acceptors (Lipinski definition) is 4. The lowest BCUT2D eigenvalue weighted by Crippen LogP contribution is -2.38. The zero-order valence-electron chi connectivity index (χ0n) is 12.3. The highest BCUT2D eigenvalue weighted by Crippen LogP contribution is 2.34. The summed E-state index contributed by atoms with van der Waals surface area (Å²) >= 11 is 0. The van der Waals surface area contributed by atoms with Crippen LogP contribution in [0.1, 0.15) is 32.1 Å². The van der Waals surface area contributed by atoms with Crippen LogP contribution in [0, 0.1) is 17.2 Å². The molecule has 0 amide bonds. The number of nitrogens with zero attached hydrogens (tertiary/aromatic N) is 1. The lowest BCUT2D eigenvalue weighted by molar-refractivity contribution is 0.367. The Labute approximate surface area is 126 Å². The van der Waals surface area contributed by atoms with E-state index >= 15 is 0 Å². The fourth-order valence-electron chi connectivity index (χ4n) is 3.73. The Kier molecular flexibility index (Phi) is 4.62. The van der Waals surface area contributed by atoms with Crippen LogP contribution in [0.15, 0.2) is 24.3 Å². The molecule has 1 heterocycles. The highest BCUT2D eigenvalue weighted by molar-refractivity contribution is 5.49. The first-order chi connectivity index (χ1) is 10.4. The molecule has 0 radical (unpaired) electrons. The summed E-state index contributed by atoms with van der Waals surface area (Å²) in [6, 6.07) is 11.2. The van der Waals surface area contributed by atoms with E-state index in [1.54, 1.807) is 0 Å². The summed E-state index contributed by atoms with van der Waals surface area (Å²) in [5.74, 6) is 1.49. The Morgan fingerprint density at radius 1 is 1.29 bits per heavy atom. The van der Waals surface area contributed by atoms with Crippen LogP contribution in [0.25, 0.3) is 0 Å². The summed E-state index contributed by atoms with van der Waals surface area (Å²) in [4.78, 5) is 0. The fraction of sp³-hybridized carbons (Fsp3) is 0.588. The molecule has 0 bridgehead atoms. The zero-order chi connectivity index (χ0) is 14.5. The van der Waals surface area contributed by atoms with Gasteiger partial charge in [0.2, 0.25) is 0 Å². The summed E-state index contributed by atoms with van der Waals surface area (Å²) in [6.45, 7) is 1.27. The maximum Gasteiger partial charge on any atom is 0.174 e. The van der Waals surface area contributed by atoms with E-state index in [-0.39, 0.29) is 6.61 Å². The van der Waals surface area contributed by atoms with Crippen molar-refractivity contribution in [2.24, 2.45) is 5.92 Å². The van der Waals surface area contributed by atoms with Crippen molar-refractivity contribution < 1.29 is 4.74 Å². The monoisotopic (exact) mass is 285 g/mol. The van der Waals surface area contributed by atoms with Gasteiger partial charge in [-0.1, -0.05) is 12.5 Å². The third-order valence-electron chi connectivity index (χ3n) is 4.67. The molecule has 1 aromatic rings. The number of rotatable bonds is 5. The van der Waals surface area contributed by atoms with Gasteiger partial charge in [-0.3, -0.25) is 0 Å². The van der Waals surface area contributed by atoms with Crippen molar-refractivity contribution >= 4 is 5.69 Å². The van der Waals surface area contributed by atoms with E-state index < -0.39 is 0 Å². The molecule has 4 nitrogen and oxygen atoms in total. The van der Waals surface area contributed by atoms with Crippen LogP contribution in [-0.2, 0) is 0 Å². The van der Waals surface area contributed by atoms with Crippen LogP contribution in [0.5, 0.6) is 5.75 Å². The van der Waals surface area contributed by atoms with Crippen LogP contribution in [0.4, 0.5) is 5.69 Å². The van der Waals surface area contributed by atoms with Crippen LogP contribution >= 0.6 is 0 Å². The topological polar surface area (TPSA) is 57.1 Å². The van der Waals surface area contributed by atoms with Gasteiger partial charge in [0.05, 0.1) is 0 Å². The summed E-state index contributed by atoms with van der Waals surface area (Å²) in [7, 11) is 0. The molecule has 21 heavy (non-hydrogen) atoms. The third kappa shape index (κ3) is 3.48. The zero-order valence-corrected chi connectivity index (χ0v) is 12.3. The van der Waals surface area contributed by atoms with Gasteiger partial charge >= 0.3 is 0 Å². The van der Waals surface area contributed by atoms with Crippen LogP contribution in [0.3, 0.4) is 0 Å². The summed E-state index contributed by atoms with van der Waals surface area (Å²) in [5.41, 5.74) is 1.10. The Hall–Kier alpha value is -1.73. The molecule has 1 saturated heterocycles. The molecule has 3 unspecified atom stereocenters. The average Bonchev–Trinajstić information content (AvgIpc) is 3.16. The highest BCUT2D eigenvalue weighted by Gasteiger charge is 2.34. The number of benzene rings is 1. The SMILES string of the molecule is N#CCOc1cccc(NC2CCCC2C2CCCN2)c1. The van der Waals surface area contributed by atoms with Gasteiger partial charge in [0.15, 0.2) is 6.61 Å². The Morgan fingerprint density at radius 2 is 2.24 bits per heavy atom. The molecule has 2 aliphatic rings. The minimum atomic E-state index is 0.0987. The molecular formula is C17H23N3O. The second kappa shape index (κ2) is 6.82.